The molecule has 0 radical (unpaired) electrons. The van der Waals surface area contributed by atoms with E-state index < -0.39 is 0 Å². The van der Waals surface area contributed by atoms with Gasteiger partial charge in [-0.2, -0.15) is 4.98 Å². The molecule has 5 nitrogen and oxygen atoms in total. The fraction of sp³-hybridized carbons (Fsp3) is 0.500. The van der Waals surface area contributed by atoms with Gasteiger partial charge in [0.2, 0.25) is 5.95 Å². The van der Waals surface area contributed by atoms with Gasteiger partial charge in [-0.1, -0.05) is 0 Å². The third kappa shape index (κ3) is 1.42. The van der Waals surface area contributed by atoms with Gasteiger partial charge < -0.3 is 17.2 Å². The lowest BCUT2D eigenvalue weighted by atomic mass is 9.93. The van der Waals surface area contributed by atoms with Crippen LogP contribution >= 0.6 is 0 Å². The molecule has 1 aliphatic rings. The van der Waals surface area contributed by atoms with Crippen molar-refractivity contribution in [2.45, 2.75) is 25.3 Å². The van der Waals surface area contributed by atoms with Crippen LogP contribution in [0.25, 0.3) is 0 Å². The molecule has 0 spiro atoms. The van der Waals surface area contributed by atoms with E-state index in [1.54, 1.807) is 0 Å². The summed E-state index contributed by atoms with van der Waals surface area (Å²) in [6, 6.07) is 0.182. The third-order valence-corrected chi connectivity index (χ3v) is 2.36. The molecule has 1 aromatic heterocycles. The Bertz CT molecular complexity index is 336. The largest absolute Gasteiger partial charge is 0.383 e. The molecule has 0 saturated carbocycles. The topological polar surface area (TPSA) is 104 Å². The highest BCUT2D eigenvalue weighted by atomic mass is 15.0. The van der Waals surface area contributed by atoms with Gasteiger partial charge in [0.25, 0.3) is 0 Å². The number of aryl methyl sites for hydroxylation is 1. The van der Waals surface area contributed by atoms with Crippen LogP contribution in [0, 0.1) is 0 Å². The predicted molar refractivity (Wildman–Crippen MR) is 50.9 cm³/mol. The van der Waals surface area contributed by atoms with Crippen LogP contribution < -0.4 is 17.2 Å². The molecule has 0 saturated heterocycles. The Balaban J connectivity index is 2.47. The zero-order valence-corrected chi connectivity index (χ0v) is 7.33. The zero-order valence-electron chi connectivity index (χ0n) is 7.33. The highest BCUT2D eigenvalue weighted by Gasteiger charge is 2.19. The smallest absolute Gasteiger partial charge is 0.222 e. The Hall–Kier alpha value is -1.36. The van der Waals surface area contributed by atoms with E-state index in [0.29, 0.717) is 5.82 Å². The Labute approximate surface area is 76.3 Å². The van der Waals surface area contributed by atoms with Crippen molar-refractivity contribution >= 4 is 11.8 Å². The van der Waals surface area contributed by atoms with Crippen molar-refractivity contribution < 1.29 is 0 Å². The van der Waals surface area contributed by atoms with Gasteiger partial charge in [0, 0.05) is 11.6 Å². The quantitative estimate of drug-likeness (QED) is 0.496. The molecule has 70 valence electrons. The Morgan fingerprint density at radius 2 is 2.00 bits per heavy atom. The van der Waals surface area contributed by atoms with Crippen molar-refractivity contribution in [2.24, 2.45) is 5.73 Å². The molecular formula is C8H13N5. The summed E-state index contributed by atoms with van der Waals surface area (Å²) in [6.07, 6.45) is 2.57. The highest BCUT2D eigenvalue weighted by molar-refractivity contribution is 5.47. The maximum absolute atomic E-state index is 5.81. The second kappa shape index (κ2) is 2.85. The minimum Gasteiger partial charge on any atom is -0.383 e. The Morgan fingerprint density at radius 1 is 1.23 bits per heavy atom. The fourth-order valence-corrected chi connectivity index (χ4v) is 1.69. The van der Waals surface area contributed by atoms with Gasteiger partial charge in [-0.15, -0.1) is 0 Å². The summed E-state index contributed by atoms with van der Waals surface area (Å²) in [5, 5.41) is 0. The SMILES string of the molecule is Nc1nc(N)c2c(n1)CC[C@@H](N)C2. The normalized spacial score (nSPS) is 21.2. The average Bonchev–Trinajstić information content (AvgIpc) is 2.06. The highest BCUT2D eigenvalue weighted by Crippen LogP contribution is 2.23. The molecular weight excluding hydrogens is 166 g/mol. The van der Waals surface area contributed by atoms with Crippen LogP contribution in [-0.2, 0) is 12.8 Å². The molecule has 1 atom stereocenters. The van der Waals surface area contributed by atoms with Gasteiger partial charge in [0.05, 0.1) is 5.69 Å². The summed E-state index contributed by atoms with van der Waals surface area (Å²) in [4.78, 5) is 8.05. The van der Waals surface area contributed by atoms with E-state index in [2.05, 4.69) is 9.97 Å². The summed E-state index contributed by atoms with van der Waals surface area (Å²) in [7, 11) is 0. The molecule has 0 unspecified atom stereocenters. The van der Waals surface area contributed by atoms with E-state index >= 15 is 0 Å². The van der Waals surface area contributed by atoms with Crippen LogP contribution in [0.4, 0.5) is 11.8 Å². The van der Waals surface area contributed by atoms with Crippen LogP contribution in [0.1, 0.15) is 17.7 Å². The first-order valence-corrected chi connectivity index (χ1v) is 4.33. The first-order valence-electron chi connectivity index (χ1n) is 4.33. The lowest BCUT2D eigenvalue weighted by Crippen LogP contribution is -2.29. The van der Waals surface area contributed by atoms with Crippen LogP contribution in [0.3, 0.4) is 0 Å². The minimum atomic E-state index is 0.182. The van der Waals surface area contributed by atoms with Crippen LogP contribution in [0.5, 0.6) is 0 Å². The summed E-state index contributed by atoms with van der Waals surface area (Å²) < 4.78 is 0. The van der Waals surface area contributed by atoms with Gasteiger partial charge in [-0.3, -0.25) is 0 Å². The molecule has 0 amide bonds. The number of aromatic nitrogens is 2. The molecule has 1 aliphatic carbocycles. The molecule has 6 N–H and O–H groups in total. The van der Waals surface area contributed by atoms with E-state index in [4.69, 9.17) is 17.2 Å². The fourth-order valence-electron chi connectivity index (χ4n) is 1.69. The maximum atomic E-state index is 5.81. The van der Waals surface area contributed by atoms with E-state index in [1.165, 1.54) is 0 Å². The second-order valence-corrected chi connectivity index (χ2v) is 3.40. The monoisotopic (exact) mass is 179 g/mol. The first-order chi connectivity index (χ1) is 6.16. The Morgan fingerprint density at radius 3 is 2.77 bits per heavy atom. The molecule has 5 heteroatoms. The van der Waals surface area contributed by atoms with Crippen molar-refractivity contribution in [3.63, 3.8) is 0 Å². The van der Waals surface area contributed by atoms with E-state index in [9.17, 15) is 0 Å². The van der Waals surface area contributed by atoms with Gasteiger partial charge >= 0.3 is 0 Å². The lowest BCUT2D eigenvalue weighted by Gasteiger charge is -2.21. The van der Waals surface area contributed by atoms with E-state index in [0.717, 1.165) is 30.5 Å². The van der Waals surface area contributed by atoms with Crippen molar-refractivity contribution in [1.29, 1.82) is 0 Å². The molecule has 2 rings (SSSR count). The lowest BCUT2D eigenvalue weighted by molar-refractivity contribution is 0.566. The summed E-state index contributed by atoms with van der Waals surface area (Å²) in [5.74, 6) is 0.740. The number of nitrogens with two attached hydrogens (primary N) is 3. The van der Waals surface area contributed by atoms with Crippen LogP contribution in [0.15, 0.2) is 0 Å². The van der Waals surface area contributed by atoms with E-state index in [1.807, 2.05) is 0 Å². The number of hydrogen-bond acceptors (Lipinski definition) is 5. The van der Waals surface area contributed by atoms with Crippen LogP contribution in [0.2, 0.25) is 0 Å². The molecule has 0 aliphatic heterocycles. The number of hydrogen-bond donors (Lipinski definition) is 3. The summed E-state index contributed by atoms with van der Waals surface area (Å²) >= 11 is 0. The number of fused-ring (bicyclic) bond motifs is 1. The van der Waals surface area contributed by atoms with E-state index in [-0.39, 0.29) is 12.0 Å². The molecule has 0 aromatic carbocycles. The standard InChI is InChI=1S/C8H13N5/c9-4-1-2-6-5(3-4)7(10)13-8(11)12-6/h4H,1-3,9H2,(H4,10,11,12,13)/t4-/m1/s1. The molecule has 13 heavy (non-hydrogen) atoms. The van der Waals surface area contributed by atoms with Crippen molar-refractivity contribution in [1.82, 2.24) is 9.97 Å². The molecule has 0 bridgehead atoms. The molecule has 0 fully saturated rings. The van der Waals surface area contributed by atoms with Crippen LogP contribution in [-0.4, -0.2) is 16.0 Å². The van der Waals surface area contributed by atoms with Crippen molar-refractivity contribution in [3.8, 4) is 0 Å². The number of rotatable bonds is 0. The molecule has 1 heterocycles. The third-order valence-electron chi connectivity index (χ3n) is 2.36. The predicted octanol–water partition coefficient (Wildman–Crippen LogP) is -0.543. The van der Waals surface area contributed by atoms with Gasteiger partial charge in [0.15, 0.2) is 0 Å². The number of nitrogen functional groups attached to an aromatic ring is 2. The zero-order chi connectivity index (χ0) is 9.42. The van der Waals surface area contributed by atoms with Gasteiger partial charge in [0.1, 0.15) is 5.82 Å². The van der Waals surface area contributed by atoms with Gasteiger partial charge in [-0.25, -0.2) is 4.98 Å². The molecule has 1 aromatic rings. The maximum Gasteiger partial charge on any atom is 0.222 e. The summed E-state index contributed by atoms with van der Waals surface area (Å²) in [6.45, 7) is 0. The van der Waals surface area contributed by atoms with Crippen molar-refractivity contribution in [3.05, 3.63) is 11.3 Å². The Kier molecular flexibility index (Phi) is 1.81. The van der Waals surface area contributed by atoms with Gasteiger partial charge in [-0.05, 0) is 19.3 Å². The minimum absolute atomic E-state index is 0.182. The average molecular weight is 179 g/mol. The van der Waals surface area contributed by atoms with Crippen molar-refractivity contribution in [2.75, 3.05) is 11.5 Å². The number of nitrogens with zero attached hydrogens (tertiary/aromatic N) is 2. The second-order valence-electron chi connectivity index (χ2n) is 3.40. The summed E-state index contributed by atoms with van der Waals surface area (Å²) in [5.41, 5.74) is 19.0. The first kappa shape index (κ1) is 8.25. The number of anilines is 2.